The normalized spacial score (nSPS) is 15.3. The summed E-state index contributed by atoms with van der Waals surface area (Å²) in [5, 5.41) is 2.80. The van der Waals surface area contributed by atoms with Crippen LogP contribution >= 0.6 is 0 Å². The minimum Gasteiger partial charge on any atom is -0.497 e. The SMILES string of the molecule is COc1ccc(NC(=O)C[C@@H]2C(=O)N(c3cccc(OC)c3)C(=O)N2Cc2ccc(C)cc2)cc1. The van der Waals surface area contributed by atoms with Crippen molar-refractivity contribution >= 4 is 29.2 Å². The van der Waals surface area contributed by atoms with E-state index in [2.05, 4.69) is 5.32 Å². The van der Waals surface area contributed by atoms with E-state index in [0.29, 0.717) is 22.9 Å². The molecule has 3 aromatic carbocycles. The molecule has 4 amide bonds. The van der Waals surface area contributed by atoms with Gasteiger partial charge >= 0.3 is 6.03 Å². The Balaban J connectivity index is 1.59. The lowest BCUT2D eigenvalue weighted by molar-refractivity contribution is -0.124. The quantitative estimate of drug-likeness (QED) is 0.491. The van der Waals surface area contributed by atoms with E-state index in [9.17, 15) is 14.4 Å². The maximum atomic E-state index is 13.5. The molecule has 0 bridgehead atoms. The Morgan fingerprint density at radius 1 is 0.914 bits per heavy atom. The number of methoxy groups -OCH3 is 2. The number of urea groups is 1. The lowest BCUT2D eigenvalue weighted by Crippen LogP contribution is -2.37. The second kappa shape index (κ2) is 10.3. The number of anilines is 2. The van der Waals surface area contributed by atoms with Gasteiger partial charge in [-0.25, -0.2) is 9.69 Å². The molecule has 1 aliphatic rings. The first-order chi connectivity index (χ1) is 16.9. The van der Waals surface area contributed by atoms with E-state index >= 15 is 0 Å². The molecule has 0 saturated carbocycles. The Bertz CT molecular complexity index is 1220. The number of aryl methyl sites for hydroxylation is 1. The van der Waals surface area contributed by atoms with Gasteiger partial charge in [0, 0.05) is 18.3 Å². The summed E-state index contributed by atoms with van der Waals surface area (Å²) in [5.74, 6) is 0.356. The van der Waals surface area contributed by atoms with Crippen LogP contribution in [0.2, 0.25) is 0 Å². The number of rotatable bonds is 8. The minimum absolute atomic E-state index is 0.178. The Kier molecular flexibility index (Phi) is 7.01. The summed E-state index contributed by atoms with van der Waals surface area (Å²) in [4.78, 5) is 42.4. The van der Waals surface area contributed by atoms with Crippen LogP contribution in [0.4, 0.5) is 16.2 Å². The van der Waals surface area contributed by atoms with Gasteiger partial charge in [0.05, 0.1) is 26.3 Å². The summed E-state index contributed by atoms with van der Waals surface area (Å²) >= 11 is 0. The van der Waals surface area contributed by atoms with Crippen LogP contribution in [0.1, 0.15) is 17.5 Å². The van der Waals surface area contributed by atoms with Crippen molar-refractivity contribution in [2.75, 3.05) is 24.4 Å². The van der Waals surface area contributed by atoms with Crippen molar-refractivity contribution in [3.05, 3.63) is 83.9 Å². The highest BCUT2D eigenvalue weighted by molar-refractivity contribution is 6.22. The molecule has 1 fully saturated rings. The van der Waals surface area contributed by atoms with Crippen molar-refractivity contribution in [2.24, 2.45) is 0 Å². The summed E-state index contributed by atoms with van der Waals surface area (Å²) in [5.41, 5.74) is 2.92. The summed E-state index contributed by atoms with van der Waals surface area (Å²) < 4.78 is 10.4. The van der Waals surface area contributed by atoms with E-state index in [1.165, 1.54) is 12.0 Å². The number of hydrogen-bond acceptors (Lipinski definition) is 5. The molecule has 0 radical (unpaired) electrons. The first kappa shape index (κ1) is 23.8. The fraction of sp³-hybridized carbons (Fsp3) is 0.222. The van der Waals surface area contributed by atoms with Gasteiger partial charge in [0.15, 0.2) is 0 Å². The number of hydrogen-bond donors (Lipinski definition) is 1. The molecule has 1 aliphatic heterocycles. The van der Waals surface area contributed by atoms with Gasteiger partial charge in [-0.2, -0.15) is 0 Å². The van der Waals surface area contributed by atoms with Crippen molar-refractivity contribution < 1.29 is 23.9 Å². The number of imide groups is 1. The van der Waals surface area contributed by atoms with E-state index in [1.54, 1.807) is 55.6 Å². The van der Waals surface area contributed by atoms with E-state index in [-0.39, 0.29) is 18.9 Å². The zero-order valence-electron chi connectivity index (χ0n) is 19.9. The fourth-order valence-electron chi connectivity index (χ4n) is 3.95. The second-order valence-corrected chi connectivity index (χ2v) is 8.27. The smallest absolute Gasteiger partial charge is 0.332 e. The molecule has 3 aromatic rings. The molecule has 0 spiro atoms. The number of nitrogens with one attached hydrogen (secondary N) is 1. The van der Waals surface area contributed by atoms with E-state index in [4.69, 9.17) is 9.47 Å². The number of carbonyl (C=O) groups is 3. The van der Waals surface area contributed by atoms with Gasteiger partial charge in [0.2, 0.25) is 5.91 Å². The van der Waals surface area contributed by atoms with Gasteiger partial charge in [0.25, 0.3) is 5.91 Å². The summed E-state index contributed by atoms with van der Waals surface area (Å²) in [6.45, 7) is 2.18. The third-order valence-electron chi connectivity index (χ3n) is 5.86. The van der Waals surface area contributed by atoms with Crippen LogP contribution in [0.25, 0.3) is 0 Å². The van der Waals surface area contributed by atoms with Gasteiger partial charge in [-0.3, -0.25) is 9.59 Å². The van der Waals surface area contributed by atoms with Crippen LogP contribution in [0.15, 0.2) is 72.8 Å². The standard InChI is InChI=1S/C27H27N3O5/c1-18-7-9-19(10-8-18)17-29-24(16-25(31)28-20-11-13-22(34-2)14-12-20)26(32)30(27(29)33)21-5-4-6-23(15-21)35-3/h4-15,24H,16-17H2,1-3H3,(H,28,31)/t24-/m1/s1. The Morgan fingerprint density at radius 3 is 2.26 bits per heavy atom. The molecule has 0 aliphatic carbocycles. The van der Waals surface area contributed by atoms with Crippen LogP contribution in [0.5, 0.6) is 11.5 Å². The third-order valence-corrected chi connectivity index (χ3v) is 5.86. The number of carbonyl (C=O) groups excluding carboxylic acids is 3. The van der Waals surface area contributed by atoms with Gasteiger partial charge < -0.3 is 19.7 Å². The molecule has 180 valence electrons. The minimum atomic E-state index is -0.951. The van der Waals surface area contributed by atoms with Gasteiger partial charge in [-0.05, 0) is 48.9 Å². The Hall–Kier alpha value is -4.33. The molecule has 35 heavy (non-hydrogen) atoms. The number of amides is 4. The van der Waals surface area contributed by atoms with E-state index in [1.807, 2.05) is 31.2 Å². The number of nitrogens with zero attached hydrogens (tertiary/aromatic N) is 2. The van der Waals surface area contributed by atoms with Crippen LogP contribution in [0.3, 0.4) is 0 Å². The van der Waals surface area contributed by atoms with E-state index < -0.39 is 18.0 Å². The topological polar surface area (TPSA) is 88.2 Å². The van der Waals surface area contributed by atoms with Crippen LogP contribution in [-0.2, 0) is 16.1 Å². The highest BCUT2D eigenvalue weighted by Gasteiger charge is 2.46. The van der Waals surface area contributed by atoms with Crippen LogP contribution in [-0.4, -0.2) is 43.0 Å². The predicted octanol–water partition coefficient (Wildman–Crippen LogP) is 4.38. The predicted molar refractivity (Wildman–Crippen MR) is 133 cm³/mol. The Labute approximate surface area is 204 Å². The molecule has 4 rings (SSSR count). The van der Waals surface area contributed by atoms with Crippen LogP contribution < -0.4 is 19.7 Å². The third kappa shape index (κ3) is 5.27. The molecule has 8 heteroatoms. The molecular formula is C27H27N3O5. The van der Waals surface area contributed by atoms with Crippen molar-refractivity contribution in [2.45, 2.75) is 25.9 Å². The molecule has 1 atom stereocenters. The molecule has 8 nitrogen and oxygen atoms in total. The monoisotopic (exact) mass is 473 g/mol. The number of ether oxygens (including phenoxy) is 2. The molecule has 1 saturated heterocycles. The molecule has 1 heterocycles. The van der Waals surface area contributed by atoms with Crippen molar-refractivity contribution in [3.63, 3.8) is 0 Å². The fourth-order valence-corrected chi connectivity index (χ4v) is 3.95. The average Bonchev–Trinajstić information content (AvgIpc) is 3.09. The first-order valence-electron chi connectivity index (χ1n) is 11.2. The van der Waals surface area contributed by atoms with Crippen LogP contribution in [0, 0.1) is 6.92 Å². The molecule has 0 unspecified atom stereocenters. The van der Waals surface area contributed by atoms with Gasteiger partial charge in [-0.15, -0.1) is 0 Å². The summed E-state index contributed by atoms with van der Waals surface area (Å²) in [6.07, 6.45) is -0.178. The molecule has 1 N–H and O–H groups in total. The van der Waals surface area contributed by atoms with Crippen molar-refractivity contribution in [3.8, 4) is 11.5 Å². The number of benzene rings is 3. The highest BCUT2D eigenvalue weighted by Crippen LogP contribution is 2.30. The van der Waals surface area contributed by atoms with Crippen molar-refractivity contribution in [1.29, 1.82) is 0 Å². The summed E-state index contributed by atoms with van der Waals surface area (Å²) in [6, 6.07) is 19.9. The van der Waals surface area contributed by atoms with E-state index in [0.717, 1.165) is 16.0 Å². The lowest BCUT2D eigenvalue weighted by atomic mass is 10.1. The molecule has 0 aromatic heterocycles. The zero-order valence-corrected chi connectivity index (χ0v) is 19.9. The van der Waals surface area contributed by atoms with Crippen molar-refractivity contribution in [1.82, 2.24) is 4.90 Å². The largest absolute Gasteiger partial charge is 0.497 e. The second-order valence-electron chi connectivity index (χ2n) is 8.27. The maximum Gasteiger partial charge on any atom is 0.332 e. The summed E-state index contributed by atoms with van der Waals surface area (Å²) in [7, 11) is 3.08. The van der Waals surface area contributed by atoms with Gasteiger partial charge in [-0.1, -0.05) is 35.9 Å². The van der Waals surface area contributed by atoms with Gasteiger partial charge in [0.1, 0.15) is 17.5 Å². The zero-order chi connectivity index (χ0) is 24.9. The average molecular weight is 474 g/mol. The first-order valence-corrected chi connectivity index (χ1v) is 11.2. The maximum absolute atomic E-state index is 13.5. The highest BCUT2D eigenvalue weighted by atomic mass is 16.5. The Morgan fingerprint density at radius 2 is 1.60 bits per heavy atom. The lowest BCUT2D eigenvalue weighted by Gasteiger charge is -2.22. The molecular weight excluding hydrogens is 446 g/mol.